The van der Waals surface area contributed by atoms with Crippen LogP contribution < -0.4 is 5.32 Å². The molecule has 0 bridgehead atoms. The number of halogens is 1. The molecule has 1 aromatic rings. The summed E-state index contributed by atoms with van der Waals surface area (Å²) in [7, 11) is 0. The fourth-order valence-electron chi connectivity index (χ4n) is 2.41. The van der Waals surface area contributed by atoms with E-state index in [0.29, 0.717) is 12.1 Å². The molecular weight excluding hydrogens is 262 g/mol. The van der Waals surface area contributed by atoms with Crippen LogP contribution in [0.15, 0.2) is 22.7 Å². The van der Waals surface area contributed by atoms with Crippen LogP contribution in [0.25, 0.3) is 0 Å². The number of aryl methyl sites for hydroxylation is 1. The van der Waals surface area contributed by atoms with Gasteiger partial charge in [-0.1, -0.05) is 35.0 Å². The van der Waals surface area contributed by atoms with Crippen molar-refractivity contribution in [3.63, 3.8) is 0 Å². The zero-order valence-corrected chi connectivity index (χ0v) is 11.7. The Morgan fingerprint density at radius 1 is 1.50 bits per heavy atom. The van der Waals surface area contributed by atoms with E-state index in [1.54, 1.807) is 0 Å². The van der Waals surface area contributed by atoms with Crippen LogP contribution >= 0.6 is 15.9 Å². The van der Waals surface area contributed by atoms with E-state index in [-0.39, 0.29) is 0 Å². The molecule has 0 heterocycles. The maximum atomic E-state index is 3.72. The molecule has 0 amide bonds. The number of nitrogens with one attached hydrogen (secondary N) is 1. The third kappa shape index (κ3) is 2.67. The van der Waals surface area contributed by atoms with Crippen LogP contribution in [0, 0.1) is 0 Å². The van der Waals surface area contributed by atoms with Crippen molar-refractivity contribution in [1.82, 2.24) is 5.32 Å². The Labute approximate surface area is 107 Å². The molecule has 2 unspecified atom stereocenters. The molecule has 1 N–H and O–H groups in total. The maximum Gasteiger partial charge on any atom is 0.0210 e. The second-order valence-corrected chi connectivity index (χ2v) is 5.65. The summed E-state index contributed by atoms with van der Waals surface area (Å²) in [4.78, 5) is 0. The van der Waals surface area contributed by atoms with Crippen LogP contribution in [-0.4, -0.2) is 12.1 Å². The van der Waals surface area contributed by atoms with Gasteiger partial charge in [0.1, 0.15) is 0 Å². The summed E-state index contributed by atoms with van der Waals surface area (Å²) < 4.78 is 1.28. The Hall–Kier alpha value is -0.340. The van der Waals surface area contributed by atoms with Gasteiger partial charge in [-0.2, -0.15) is 0 Å². The van der Waals surface area contributed by atoms with Crippen molar-refractivity contribution in [2.45, 2.75) is 51.6 Å². The number of rotatable bonds is 3. The van der Waals surface area contributed by atoms with Gasteiger partial charge in [0.2, 0.25) is 0 Å². The molecule has 1 nitrogen and oxygen atoms in total. The number of fused-ring (bicyclic) bond motifs is 1. The van der Waals surface area contributed by atoms with Crippen LogP contribution in [0.4, 0.5) is 0 Å². The van der Waals surface area contributed by atoms with Gasteiger partial charge in [0, 0.05) is 16.6 Å². The first-order valence-electron chi connectivity index (χ1n) is 6.23. The fourth-order valence-corrected chi connectivity index (χ4v) is 2.98. The number of benzene rings is 1. The van der Waals surface area contributed by atoms with Crippen molar-refractivity contribution in [1.29, 1.82) is 0 Å². The highest BCUT2D eigenvalue weighted by molar-refractivity contribution is 9.10. The average Bonchev–Trinajstić information content (AvgIpc) is 2.30. The molecule has 0 spiro atoms. The molecule has 0 radical (unpaired) electrons. The molecule has 0 fully saturated rings. The summed E-state index contributed by atoms with van der Waals surface area (Å²) >= 11 is 3.66. The lowest BCUT2D eigenvalue weighted by molar-refractivity contribution is 0.400. The van der Waals surface area contributed by atoms with E-state index in [2.05, 4.69) is 53.3 Å². The van der Waals surface area contributed by atoms with E-state index >= 15 is 0 Å². The van der Waals surface area contributed by atoms with E-state index in [1.807, 2.05) is 0 Å². The fraction of sp³-hybridized carbons (Fsp3) is 0.571. The maximum absolute atomic E-state index is 3.72. The average molecular weight is 282 g/mol. The minimum atomic E-state index is 0.633. The minimum Gasteiger partial charge on any atom is -0.311 e. The SMILES string of the molecule is CCC(C)NC1CCc2cccc(Br)c2C1. The predicted molar refractivity (Wildman–Crippen MR) is 72.8 cm³/mol. The van der Waals surface area contributed by atoms with Crippen molar-refractivity contribution in [2.75, 3.05) is 0 Å². The van der Waals surface area contributed by atoms with E-state index in [0.717, 1.165) is 0 Å². The lowest BCUT2D eigenvalue weighted by Gasteiger charge is -2.28. The summed E-state index contributed by atoms with van der Waals surface area (Å²) in [5, 5.41) is 3.72. The van der Waals surface area contributed by atoms with E-state index in [9.17, 15) is 0 Å². The standard InChI is InChI=1S/C14H20BrN/c1-3-10(2)16-12-8-7-11-5-4-6-14(15)13(11)9-12/h4-6,10,12,16H,3,7-9H2,1-2H3. The van der Waals surface area contributed by atoms with Crippen molar-refractivity contribution >= 4 is 15.9 Å². The molecule has 16 heavy (non-hydrogen) atoms. The van der Waals surface area contributed by atoms with Gasteiger partial charge in [-0.3, -0.25) is 0 Å². The second kappa shape index (κ2) is 5.33. The van der Waals surface area contributed by atoms with Gasteiger partial charge < -0.3 is 5.32 Å². The van der Waals surface area contributed by atoms with Gasteiger partial charge in [0.25, 0.3) is 0 Å². The number of hydrogen-bond acceptors (Lipinski definition) is 1. The van der Waals surface area contributed by atoms with Crippen molar-refractivity contribution in [3.8, 4) is 0 Å². The third-order valence-corrected chi connectivity index (χ3v) is 4.30. The van der Waals surface area contributed by atoms with Gasteiger partial charge in [0.15, 0.2) is 0 Å². The molecule has 2 heteroatoms. The zero-order chi connectivity index (χ0) is 11.5. The molecule has 2 rings (SSSR count). The number of hydrogen-bond donors (Lipinski definition) is 1. The molecule has 2 atom stereocenters. The van der Waals surface area contributed by atoms with Crippen molar-refractivity contribution < 1.29 is 0 Å². The van der Waals surface area contributed by atoms with Gasteiger partial charge >= 0.3 is 0 Å². The van der Waals surface area contributed by atoms with Crippen molar-refractivity contribution in [2.24, 2.45) is 0 Å². The summed E-state index contributed by atoms with van der Waals surface area (Å²) in [6, 6.07) is 7.85. The largest absolute Gasteiger partial charge is 0.311 e. The van der Waals surface area contributed by atoms with Crippen LogP contribution in [-0.2, 0) is 12.8 Å². The summed E-state index contributed by atoms with van der Waals surface area (Å²) in [5.41, 5.74) is 3.03. The first-order valence-corrected chi connectivity index (χ1v) is 7.02. The molecule has 88 valence electrons. The molecule has 0 saturated heterocycles. The molecule has 0 aliphatic heterocycles. The Morgan fingerprint density at radius 3 is 3.06 bits per heavy atom. The monoisotopic (exact) mass is 281 g/mol. The molecule has 0 saturated carbocycles. The summed E-state index contributed by atoms with van der Waals surface area (Å²) in [6.45, 7) is 4.51. The molecule has 1 aliphatic carbocycles. The molecular formula is C14H20BrN. The summed E-state index contributed by atoms with van der Waals surface area (Å²) in [6.07, 6.45) is 4.86. The van der Waals surface area contributed by atoms with Crippen LogP contribution in [0.5, 0.6) is 0 Å². The minimum absolute atomic E-state index is 0.633. The molecule has 1 aromatic carbocycles. The van der Waals surface area contributed by atoms with Crippen LogP contribution in [0.1, 0.15) is 37.8 Å². The topological polar surface area (TPSA) is 12.0 Å². The van der Waals surface area contributed by atoms with Gasteiger partial charge in [-0.25, -0.2) is 0 Å². The van der Waals surface area contributed by atoms with Gasteiger partial charge in [-0.05, 0) is 49.8 Å². The van der Waals surface area contributed by atoms with Gasteiger partial charge in [0.05, 0.1) is 0 Å². The normalized spacial score (nSPS) is 21.6. The Morgan fingerprint density at radius 2 is 2.31 bits per heavy atom. The highest BCUT2D eigenvalue weighted by Gasteiger charge is 2.20. The van der Waals surface area contributed by atoms with Gasteiger partial charge in [-0.15, -0.1) is 0 Å². The lowest BCUT2D eigenvalue weighted by atomic mass is 9.88. The first kappa shape index (κ1) is 12.1. The first-order chi connectivity index (χ1) is 7.70. The highest BCUT2D eigenvalue weighted by atomic mass is 79.9. The van der Waals surface area contributed by atoms with E-state index < -0.39 is 0 Å². The Bertz CT molecular complexity index is 362. The smallest absolute Gasteiger partial charge is 0.0210 e. The van der Waals surface area contributed by atoms with Crippen molar-refractivity contribution in [3.05, 3.63) is 33.8 Å². The predicted octanol–water partition coefficient (Wildman–Crippen LogP) is 3.69. The highest BCUT2D eigenvalue weighted by Crippen LogP contribution is 2.28. The Balaban J connectivity index is 2.08. The van der Waals surface area contributed by atoms with E-state index in [1.165, 1.54) is 41.3 Å². The lowest BCUT2D eigenvalue weighted by Crippen LogP contribution is -2.40. The molecule has 1 aliphatic rings. The summed E-state index contributed by atoms with van der Waals surface area (Å²) in [5.74, 6) is 0. The van der Waals surface area contributed by atoms with Crippen LogP contribution in [0.2, 0.25) is 0 Å². The zero-order valence-electron chi connectivity index (χ0n) is 10.1. The quantitative estimate of drug-likeness (QED) is 0.891. The Kier molecular flexibility index (Phi) is 4.04. The van der Waals surface area contributed by atoms with Crippen LogP contribution in [0.3, 0.4) is 0 Å². The third-order valence-electron chi connectivity index (χ3n) is 3.56. The molecule has 0 aromatic heterocycles. The van der Waals surface area contributed by atoms with E-state index in [4.69, 9.17) is 0 Å². The second-order valence-electron chi connectivity index (χ2n) is 4.79.